The largest absolute Gasteiger partial charge is 0.497 e. The van der Waals surface area contributed by atoms with E-state index in [1.165, 1.54) is 0 Å². The molecule has 2 atom stereocenters. The smallest absolute Gasteiger partial charge is 0.252 e. The van der Waals surface area contributed by atoms with Crippen molar-refractivity contribution in [2.45, 2.75) is 44.9 Å². The molecule has 5 N–H and O–H groups in total. The lowest BCUT2D eigenvalue weighted by atomic mass is 9.89. The maximum atomic E-state index is 14.2. The molecule has 0 aromatic heterocycles. The first-order chi connectivity index (χ1) is 21.7. The number of carbonyl (C=O) groups excluding carboxylic acids is 3. The predicted octanol–water partition coefficient (Wildman–Crippen LogP) is 4.24. The van der Waals surface area contributed by atoms with Crippen molar-refractivity contribution in [3.63, 3.8) is 0 Å². The summed E-state index contributed by atoms with van der Waals surface area (Å²) in [4.78, 5) is 41.2. The van der Waals surface area contributed by atoms with Gasteiger partial charge in [-0.05, 0) is 72.5 Å². The maximum Gasteiger partial charge on any atom is 0.252 e. The molecule has 9 nitrogen and oxygen atoms in total. The van der Waals surface area contributed by atoms with Gasteiger partial charge in [0.15, 0.2) is 0 Å². The molecule has 0 fully saturated rings. The van der Waals surface area contributed by atoms with Gasteiger partial charge in [0.25, 0.3) is 11.8 Å². The Morgan fingerprint density at radius 3 is 2.00 bits per heavy atom. The molecule has 4 aromatic carbocycles. The molecule has 9 heteroatoms. The lowest BCUT2D eigenvalue weighted by Gasteiger charge is -2.32. The summed E-state index contributed by atoms with van der Waals surface area (Å²) in [5.74, 6) is -0.0346. The molecule has 0 heterocycles. The Hall–Kier alpha value is -5.15. The van der Waals surface area contributed by atoms with Crippen LogP contribution in [0.2, 0.25) is 0 Å². The number of rotatable bonds is 14. The third-order valence-electron chi connectivity index (χ3n) is 7.54. The minimum atomic E-state index is -1.53. The van der Waals surface area contributed by atoms with Crippen molar-refractivity contribution in [1.82, 2.24) is 16.0 Å². The van der Waals surface area contributed by atoms with Gasteiger partial charge in [-0.1, -0.05) is 66.7 Å². The molecule has 4 aromatic rings. The molecular weight excluding hydrogens is 568 g/mol. The quantitative estimate of drug-likeness (QED) is 0.169. The summed E-state index contributed by atoms with van der Waals surface area (Å²) in [6.45, 7) is 4.69. The minimum Gasteiger partial charge on any atom is -0.497 e. The van der Waals surface area contributed by atoms with Gasteiger partial charge in [-0.25, -0.2) is 0 Å². The van der Waals surface area contributed by atoms with Gasteiger partial charge in [0.05, 0.1) is 13.7 Å². The molecule has 4 rings (SSSR count). The fourth-order valence-electron chi connectivity index (χ4n) is 4.81. The number of ether oxygens (including phenoxy) is 2. The third-order valence-corrected chi connectivity index (χ3v) is 7.54. The highest BCUT2D eigenvalue weighted by Crippen LogP contribution is 2.25. The second-order valence-corrected chi connectivity index (χ2v) is 10.7. The van der Waals surface area contributed by atoms with Crippen LogP contribution in [-0.2, 0) is 34.6 Å². The van der Waals surface area contributed by atoms with E-state index in [1.807, 2.05) is 49.4 Å². The van der Waals surface area contributed by atoms with Crippen molar-refractivity contribution >= 4 is 17.7 Å². The molecule has 3 amide bonds. The molecule has 0 aliphatic carbocycles. The van der Waals surface area contributed by atoms with Crippen LogP contribution in [0.15, 0.2) is 103 Å². The number of nitrogens with two attached hydrogens (primary N) is 1. The summed E-state index contributed by atoms with van der Waals surface area (Å²) in [6, 6.07) is 29.6. The van der Waals surface area contributed by atoms with E-state index in [4.69, 9.17) is 15.2 Å². The highest BCUT2D eigenvalue weighted by Gasteiger charge is 2.39. The second kappa shape index (κ2) is 15.5. The van der Waals surface area contributed by atoms with E-state index in [-0.39, 0.29) is 18.9 Å². The van der Waals surface area contributed by atoms with Crippen LogP contribution < -0.4 is 31.2 Å². The van der Waals surface area contributed by atoms with Gasteiger partial charge in [0.2, 0.25) is 5.91 Å². The lowest BCUT2D eigenvalue weighted by molar-refractivity contribution is -0.132. The van der Waals surface area contributed by atoms with Gasteiger partial charge in [0, 0.05) is 25.1 Å². The zero-order chi connectivity index (χ0) is 32.2. The molecular formula is C36H40N4O5. The predicted molar refractivity (Wildman–Crippen MR) is 174 cm³/mol. The molecule has 0 unspecified atom stereocenters. The summed E-state index contributed by atoms with van der Waals surface area (Å²) < 4.78 is 10.9. The van der Waals surface area contributed by atoms with Crippen molar-refractivity contribution in [1.29, 1.82) is 0 Å². The van der Waals surface area contributed by atoms with Crippen LogP contribution >= 0.6 is 0 Å². The molecule has 0 aliphatic heterocycles. The molecule has 0 radical (unpaired) electrons. The molecule has 0 aliphatic rings. The third kappa shape index (κ3) is 8.70. The molecule has 0 bridgehead atoms. The summed E-state index contributed by atoms with van der Waals surface area (Å²) in [6.07, 6.45) is 0.208. The van der Waals surface area contributed by atoms with Gasteiger partial charge in [-0.2, -0.15) is 0 Å². The van der Waals surface area contributed by atoms with E-state index in [0.717, 1.165) is 16.7 Å². The van der Waals surface area contributed by atoms with Crippen molar-refractivity contribution < 1.29 is 23.9 Å². The minimum absolute atomic E-state index is 0.208. The molecule has 234 valence electrons. The SMILES string of the molecule is CCOc1ccc([C@@](C)(NC(=O)c2ccccc2)C(=O)N[C@@H](Cc2ccc(OC)cc2)C(=O)NCc2ccc(CN)cc2)cc1. The van der Waals surface area contributed by atoms with E-state index < -0.39 is 23.4 Å². The van der Waals surface area contributed by atoms with Gasteiger partial charge < -0.3 is 31.2 Å². The van der Waals surface area contributed by atoms with Gasteiger partial charge in [-0.15, -0.1) is 0 Å². The van der Waals surface area contributed by atoms with Crippen LogP contribution in [-0.4, -0.2) is 37.5 Å². The molecule has 0 saturated carbocycles. The first-order valence-electron chi connectivity index (χ1n) is 14.9. The Morgan fingerprint density at radius 1 is 0.800 bits per heavy atom. The van der Waals surface area contributed by atoms with Crippen LogP contribution in [0.4, 0.5) is 0 Å². The number of carbonyl (C=O) groups is 3. The number of hydrogen-bond acceptors (Lipinski definition) is 6. The normalized spacial score (nSPS) is 12.7. The van der Waals surface area contributed by atoms with E-state index >= 15 is 0 Å². The van der Waals surface area contributed by atoms with E-state index in [2.05, 4.69) is 16.0 Å². The van der Waals surface area contributed by atoms with Crippen LogP contribution in [0.25, 0.3) is 0 Å². The topological polar surface area (TPSA) is 132 Å². The number of nitrogens with one attached hydrogen (secondary N) is 3. The summed E-state index contributed by atoms with van der Waals surface area (Å²) in [5.41, 5.74) is 7.80. The van der Waals surface area contributed by atoms with Gasteiger partial charge >= 0.3 is 0 Å². The van der Waals surface area contributed by atoms with Crippen molar-refractivity contribution in [2.24, 2.45) is 5.73 Å². The average molecular weight is 609 g/mol. The maximum absolute atomic E-state index is 14.2. The summed E-state index contributed by atoms with van der Waals surface area (Å²) >= 11 is 0. The molecule has 45 heavy (non-hydrogen) atoms. The summed E-state index contributed by atoms with van der Waals surface area (Å²) in [7, 11) is 1.58. The molecule has 0 spiro atoms. The van der Waals surface area contributed by atoms with Gasteiger partial charge in [0.1, 0.15) is 23.1 Å². The zero-order valence-corrected chi connectivity index (χ0v) is 25.8. The van der Waals surface area contributed by atoms with Crippen LogP contribution in [0.1, 0.15) is 46.5 Å². The Labute approximate surface area is 264 Å². The Bertz CT molecular complexity index is 1560. The Balaban J connectivity index is 1.62. The lowest BCUT2D eigenvalue weighted by Crippen LogP contribution is -2.59. The van der Waals surface area contributed by atoms with Gasteiger partial charge in [-0.3, -0.25) is 14.4 Å². The number of methoxy groups -OCH3 is 1. The van der Waals surface area contributed by atoms with Crippen molar-refractivity contribution in [3.8, 4) is 11.5 Å². The highest BCUT2D eigenvalue weighted by molar-refractivity contribution is 6.00. The number of hydrogen-bond donors (Lipinski definition) is 4. The van der Waals surface area contributed by atoms with Crippen LogP contribution in [0.3, 0.4) is 0 Å². The highest BCUT2D eigenvalue weighted by atomic mass is 16.5. The summed E-state index contributed by atoms with van der Waals surface area (Å²) in [5, 5.41) is 8.81. The fourth-order valence-corrected chi connectivity index (χ4v) is 4.81. The van der Waals surface area contributed by atoms with Crippen molar-refractivity contribution in [2.75, 3.05) is 13.7 Å². The average Bonchev–Trinajstić information content (AvgIpc) is 3.08. The monoisotopic (exact) mass is 608 g/mol. The van der Waals surface area contributed by atoms with E-state index in [9.17, 15) is 14.4 Å². The van der Waals surface area contributed by atoms with Crippen LogP contribution in [0.5, 0.6) is 11.5 Å². The molecule has 0 saturated heterocycles. The Morgan fingerprint density at radius 2 is 1.40 bits per heavy atom. The number of benzene rings is 4. The van der Waals surface area contributed by atoms with E-state index in [1.54, 1.807) is 74.7 Å². The number of amides is 3. The first-order valence-corrected chi connectivity index (χ1v) is 14.9. The van der Waals surface area contributed by atoms with Crippen LogP contribution in [0, 0.1) is 0 Å². The standard InChI is InChI=1S/C36H40N4O5/c1-4-45-31-20-16-29(17-21-31)36(2,40-33(41)28-8-6-5-7-9-28)35(43)39-32(22-25-14-18-30(44-3)19-15-25)34(42)38-24-27-12-10-26(23-37)11-13-27/h5-21,32H,4,22-24,37H2,1-3H3,(H,38,42)(H,39,43)(H,40,41)/t32-,36+/m0/s1. The fraction of sp³-hybridized carbons (Fsp3) is 0.250. The second-order valence-electron chi connectivity index (χ2n) is 10.7. The van der Waals surface area contributed by atoms with Crippen molar-refractivity contribution in [3.05, 3.63) is 131 Å². The first kappa shape index (κ1) is 32.8. The zero-order valence-electron chi connectivity index (χ0n) is 25.8. The van der Waals surface area contributed by atoms with E-state index in [0.29, 0.717) is 35.8 Å². The Kier molecular flexibility index (Phi) is 11.3.